The quantitative estimate of drug-likeness (QED) is 0.737. The van der Waals surface area contributed by atoms with Gasteiger partial charge in [-0.25, -0.2) is 4.98 Å². The molecule has 1 heterocycles. The number of rotatable bonds is 5. The Balaban J connectivity index is 1.52. The van der Waals surface area contributed by atoms with Gasteiger partial charge < -0.3 is 9.88 Å². The van der Waals surface area contributed by atoms with Crippen LogP contribution in [-0.2, 0) is 22.9 Å². The van der Waals surface area contributed by atoms with Gasteiger partial charge in [-0.3, -0.25) is 4.79 Å². The van der Waals surface area contributed by atoms with E-state index in [0.29, 0.717) is 12.1 Å². The van der Waals surface area contributed by atoms with Gasteiger partial charge in [0.25, 0.3) is 0 Å². The maximum absolute atomic E-state index is 13.3. The second kappa shape index (κ2) is 6.40. The van der Waals surface area contributed by atoms with E-state index in [-0.39, 0.29) is 10.9 Å². The summed E-state index contributed by atoms with van der Waals surface area (Å²) < 4.78 is 40.9. The topological polar surface area (TPSA) is 46.9 Å². The Labute approximate surface area is 154 Å². The van der Waals surface area contributed by atoms with Gasteiger partial charge in [-0.15, -0.1) is 0 Å². The molecule has 2 aromatic carbocycles. The van der Waals surface area contributed by atoms with E-state index in [1.54, 1.807) is 12.1 Å². The summed E-state index contributed by atoms with van der Waals surface area (Å²) in [5.41, 5.74) is 1.57. The molecule has 0 saturated heterocycles. The molecule has 4 nitrogen and oxygen atoms in total. The molecular formula is C20H18F3N3O. The minimum Gasteiger partial charge on any atom is -0.354 e. The highest BCUT2D eigenvalue weighted by atomic mass is 19.4. The zero-order valence-electron chi connectivity index (χ0n) is 14.5. The number of aromatic nitrogens is 2. The maximum Gasteiger partial charge on any atom is 0.449 e. The zero-order chi connectivity index (χ0) is 19.1. The average Bonchev–Trinajstić information content (AvgIpc) is 3.36. The average molecular weight is 373 g/mol. The molecule has 1 amide bonds. The van der Waals surface area contributed by atoms with Gasteiger partial charge in [-0.2, -0.15) is 13.2 Å². The van der Waals surface area contributed by atoms with Crippen LogP contribution in [-0.4, -0.2) is 22.0 Å². The van der Waals surface area contributed by atoms with Crippen molar-refractivity contribution >= 4 is 16.9 Å². The van der Waals surface area contributed by atoms with E-state index in [1.165, 1.54) is 12.1 Å². The number of imidazole rings is 1. The number of carbonyl (C=O) groups is 1. The van der Waals surface area contributed by atoms with E-state index in [2.05, 4.69) is 10.3 Å². The smallest absolute Gasteiger partial charge is 0.354 e. The van der Waals surface area contributed by atoms with Crippen LogP contribution in [0, 0.1) is 0 Å². The second-order valence-corrected chi connectivity index (χ2v) is 6.93. The van der Waals surface area contributed by atoms with Gasteiger partial charge in [-0.05, 0) is 30.5 Å². The van der Waals surface area contributed by atoms with Crippen molar-refractivity contribution in [1.29, 1.82) is 0 Å². The minimum atomic E-state index is -4.62. The summed E-state index contributed by atoms with van der Waals surface area (Å²) >= 11 is 0. The van der Waals surface area contributed by atoms with Crippen LogP contribution in [0.1, 0.15) is 24.2 Å². The third kappa shape index (κ3) is 3.41. The van der Waals surface area contributed by atoms with E-state index < -0.39 is 24.5 Å². The van der Waals surface area contributed by atoms with E-state index in [1.807, 2.05) is 30.3 Å². The number of fused-ring (bicyclic) bond motifs is 1. The van der Waals surface area contributed by atoms with Gasteiger partial charge in [0.15, 0.2) is 0 Å². The summed E-state index contributed by atoms with van der Waals surface area (Å²) in [7, 11) is 0. The van der Waals surface area contributed by atoms with E-state index in [9.17, 15) is 18.0 Å². The Kier molecular flexibility index (Phi) is 4.17. The van der Waals surface area contributed by atoms with Crippen molar-refractivity contribution in [2.75, 3.05) is 6.54 Å². The molecule has 0 radical (unpaired) electrons. The van der Waals surface area contributed by atoms with E-state index in [0.717, 1.165) is 23.0 Å². The predicted octanol–water partition coefficient (Wildman–Crippen LogP) is 3.90. The lowest BCUT2D eigenvalue weighted by molar-refractivity contribution is -0.147. The number of nitrogens with zero attached hydrogens (tertiary/aromatic N) is 2. The Morgan fingerprint density at radius 1 is 1.07 bits per heavy atom. The summed E-state index contributed by atoms with van der Waals surface area (Å²) in [6.45, 7) is 0.00402. The molecule has 1 N–H and O–H groups in total. The maximum atomic E-state index is 13.3. The van der Waals surface area contributed by atoms with Crippen LogP contribution in [0.15, 0.2) is 54.6 Å². The lowest BCUT2D eigenvalue weighted by Gasteiger charge is -2.17. The summed E-state index contributed by atoms with van der Waals surface area (Å²) in [5.74, 6) is -1.51. The monoisotopic (exact) mass is 373 g/mol. The molecule has 1 aromatic heterocycles. The molecule has 0 unspecified atom stereocenters. The highest BCUT2D eigenvalue weighted by Gasteiger charge is 2.44. The van der Waals surface area contributed by atoms with Crippen molar-refractivity contribution in [3.63, 3.8) is 0 Å². The van der Waals surface area contributed by atoms with E-state index >= 15 is 0 Å². The first-order chi connectivity index (χ1) is 12.9. The SMILES string of the molecule is O=C(Cn1c(C(F)(F)F)nc2ccccc21)NCC1(c2ccccc2)CC1. The molecule has 3 aromatic rings. The van der Waals surface area contributed by atoms with Crippen LogP contribution in [0.3, 0.4) is 0 Å². The van der Waals surface area contributed by atoms with Crippen LogP contribution in [0.5, 0.6) is 0 Å². The molecule has 4 rings (SSSR count). The van der Waals surface area contributed by atoms with Crippen molar-refractivity contribution in [3.8, 4) is 0 Å². The standard InChI is InChI=1S/C20H18F3N3O/c21-20(22,23)18-25-15-8-4-5-9-16(15)26(18)12-17(27)24-13-19(10-11-19)14-6-2-1-3-7-14/h1-9H,10-13H2,(H,24,27). The molecular weight excluding hydrogens is 355 g/mol. The molecule has 0 spiro atoms. The number of hydrogen-bond acceptors (Lipinski definition) is 2. The molecule has 0 bridgehead atoms. The van der Waals surface area contributed by atoms with Crippen molar-refractivity contribution in [1.82, 2.24) is 14.9 Å². The van der Waals surface area contributed by atoms with Gasteiger partial charge in [0.2, 0.25) is 11.7 Å². The number of benzene rings is 2. The molecule has 0 atom stereocenters. The summed E-state index contributed by atoms with van der Waals surface area (Å²) in [6.07, 6.45) is -2.71. The van der Waals surface area contributed by atoms with Crippen LogP contribution in [0.25, 0.3) is 11.0 Å². The molecule has 1 aliphatic carbocycles. The van der Waals surface area contributed by atoms with Crippen LogP contribution in [0.2, 0.25) is 0 Å². The lowest BCUT2D eigenvalue weighted by atomic mass is 9.96. The first-order valence-corrected chi connectivity index (χ1v) is 8.74. The fourth-order valence-electron chi connectivity index (χ4n) is 3.43. The largest absolute Gasteiger partial charge is 0.449 e. The molecule has 0 aliphatic heterocycles. The first-order valence-electron chi connectivity index (χ1n) is 8.74. The number of nitrogens with one attached hydrogen (secondary N) is 1. The number of para-hydroxylation sites is 2. The third-order valence-electron chi connectivity index (χ3n) is 5.07. The predicted molar refractivity (Wildman–Crippen MR) is 95.1 cm³/mol. The molecule has 140 valence electrons. The number of amides is 1. The molecule has 1 fully saturated rings. The fraction of sp³-hybridized carbons (Fsp3) is 0.300. The number of halogens is 3. The molecule has 27 heavy (non-hydrogen) atoms. The summed E-state index contributed by atoms with van der Waals surface area (Å²) in [4.78, 5) is 16.1. The van der Waals surface area contributed by atoms with Crippen LogP contribution < -0.4 is 5.32 Å². The second-order valence-electron chi connectivity index (χ2n) is 6.93. The minimum absolute atomic E-state index is 0.0964. The number of hydrogen-bond donors (Lipinski definition) is 1. The third-order valence-corrected chi connectivity index (χ3v) is 5.07. The Hall–Kier alpha value is -2.83. The van der Waals surface area contributed by atoms with Gasteiger partial charge >= 0.3 is 6.18 Å². The summed E-state index contributed by atoms with van der Waals surface area (Å²) in [5, 5.41) is 2.81. The highest BCUT2D eigenvalue weighted by Crippen LogP contribution is 2.47. The van der Waals surface area contributed by atoms with Gasteiger partial charge in [0, 0.05) is 12.0 Å². The van der Waals surface area contributed by atoms with E-state index in [4.69, 9.17) is 0 Å². The molecule has 7 heteroatoms. The fourth-order valence-corrected chi connectivity index (χ4v) is 3.43. The van der Waals surface area contributed by atoms with Gasteiger partial charge in [0.05, 0.1) is 11.0 Å². The Bertz CT molecular complexity index is 975. The van der Waals surface area contributed by atoms with Crippen LogP contribution >= 0.6 is 0 Å². The highest BCUT2D eigenvalue weighted by molar-refractivity contribution is 5.81. The Morgan fingerprint density at radius 3 is 2.41 bits per heavy atom. The summed E-state index contributed by atoms with van der Waals surface area (Å²) in [6, 6.07) is 16.2. The number of alkyl halides is 3. The molecule has 1 aliphatic rings. The number of carbonyl (C=O) groups excluding carboxylic acids is 1. The van der Waals surface area contributed by atoms with Crippen molar-refractivity contribution < 1.29 is 18.0 Å². The lowest BCUT2D eigenvalue weighted by Crippen LogP contribution is -2.35. The molecule has 1 saturated carbocycles. The normalized spacial score (nSPS) is 15.7. The van der Waals surface area contributed by atoms with Crippen LogP contribution in [0.4, 0.5) is 13.2 Å². The van der Waals surface area contributed by atoms with Crippen molar-refractivity contribution in [2.45, 2.75) is 31.0 Å². The zero-order valence-corrected chi connectivity index (χ0v) is 14.5. The van der Waals surface area contributed by atoms with Gasteiger partial charge in [-0.1, -0.05) is 42.5 Å². The van der Waals surface area contributed by atoms with Crippen molar-refractivity contribution in [2.24, 2.45) is 0 Å². The first kappa shape index (κ1) is 17.6. The Morgan fingerprint density at radius 2 is 1.74 bits per heavy atom. The van der Waals surface area contributed by atoms with Crippen molar-refractivity contribution in [3.05, 3.63) is 66.0 Å². The van der Waals surface area contributed by atoms with Gasteiger partial charge in [0.1, 0.15) is 6.54 Å².